The fraction of sp³-hybridized carbons (Fsp3) is 0.818. The topological polar surface area (TPSA) is 77.4 Å². The van der Waals surface area contributed by atoms with E-state index in [1.165, 1.54) is 0 Å². The van der Waals surface area contributed by atoms with Crippen LogP contribution in [0.3, 0.4) is 0 Å². The third kappa shape index (κ3) is 7.04. The van der Waals surface area contributed by atoms with Gasteiger partial charge >= 0.3 is 0 Å². The third-order valence-electron chi connectivity index (χ3n) is 5.29. The molecule has 158 valence electrons. The minimum absolute atomic E-state index is 0.227. The lowest BCUT2D eigenvalue weighted by Gasteiger charge is -2.21. The molecule has 0 aromatic carbocycles. The van der Waals surface area contributed by atoms with Crippen molar-refractivity contribution in [1.82, 2.24) is 0 Å². The first kappa shape index (κ1) is 23.2. The van der Waals surface area contributed by atoms with Crippen LogP contribution in [0.4, 0.5) is 0 Å². The van der Waals surface area contributed by atoms with E-state index >= 15 is 0 Å². The normalized spacial score (nSPS) is 33.4. The number of ether oxygens (including phenoxy) is 4. The highest BCUT2D eigenvalue weighted by molar-refractivity contribution is 5.24. The van der Waals surface area contributed by atoms with Gasteiger partial charge in [-0.2, -0.15) is 0 Å². The quantitative estimate of drug-likeness (QED) is 0.485. The summed E-state index contributed by atoms with van der Waals surface area (Å²) in [4.78, 5) is 0. The molecule has 0 bridgehead atoms. The van der Waals surface area contributed by atoms with E-state index in [0.29, 0.717) is 38.9 Å². The van der Waals surface area contributed by atoms with E-state index in [0.717, 1.165) is 0 Å². The predicted molar refractivity (Wildman–Crippen MR) is 105 cm³/mol. The highest BCUT2D eigenvalue weighted by Gasteiger charge is 2.52. The van der Waals surface area contributed by atoms with E-state index in [-0.39, 0.29) is 37.6 Å². The average Bonchev–Trinajstić information content (AvgIpc) is 3.07. The summed E-state index contributed by atoms with van der Waals surface area (Å²) in [6.45, 7) is 9.10. The van der Waals surface area contributed by atoms with Gasteiger partial charge in [0.15, 0.2) is 12.6 Å². The molecule has 0 saturated heterocycles. The van der Waals surface area contributed by atoms with Crippen LogP contribution in [0.2, 0.25) is 0 Å². The van der Waals surface area contributed by atoms with Crippen LogP contribution in [-0.2, 0) is 18.9 Å². The fourth-order valence-corrected chi connectivity index (χ4v) is 4.20. The zero-order valence-corrected chi connectivity index (χ0v) is 17.5. The van der Waals surface area contributed by atoms with Crippen molar-refractivity contribution in [2.24, 2.45) is 11.8 Å². The van der Waals surface area contributed by atoms with Gasteiger partial charge < -0.3 is 29.2 Å². The van der Waals surface area contributed by atoms with E-state index in [4.69, 9.17) is 18.9 Å². The molecule has 2 unspecified atom stereocenters. The van der Waals surface area contributed by atoms with E-state index in [9.17, 15) is 10.2 Å². The molecule has 0 amide bonds. The Balaban J connectivity index is 1.79. The fourth-order valence-electron chi connectivity index (χ4n) is 4.20. The lowest BCUT2D eigenvalue weighted by Crippen LogP contribution is -2.29. The molecule has 0 aromatic rings. The molecule has 2 atom stereocenters. The van der Waals surface area contributed by atoms with Crippen molar-refractivity contribution in [2.45, 2.75) is 77.2 Å². The van der Waals surface area contributed by atoms with Gasteiger partial charge in [0.1, 0.15) is 24.4 Å². The van der Waals surface area contributed by atoms with Gasteiger partial charge in [-0.15, -0.1) is 0 Å². The summed E-state index contributed by atoms with van der Waals surface area (Å²) in [7, 11) is 0. The Kier molecular flexibility index (Phi) is 8.77. The molecule has 28 heavy (non-hydrogen) atoms. The van der Waals surface area contributed by atoms with Crippen molar-refractivity contribution in [3.05, 3.63) is 0 Å². The second-order valence-electron chi connectivity index (χ2n) is 7.67. The third-order valence-corrected chi connectivity index (χ3v) is 5.29. The van der Waals surface area contributed by atoms with Gasteiger partial charge in [0.05, 0.1) is 0 Å². The Morgan fingerprint density at radius 2 is 1.11 bits per heavy atom. The first-order valence-corrected chi connectivity index (χ1v) is 10.2. The van der Waals surface area contributed by atoms with Crippen LogP contribution in [0.1, 0.15) is 53.4 Å². The van der Waals surface area contributed by atoms with Crippen molar-refractivity contribution in [1.29, 1.82) is 0 Å². The molecule has 2 saturated carbocycles. The lowest BCUT2D eigenvalue weighted by molar-refractivity contribution is -0.117. The summed E-state index contributed by atoms with van der Waals surface area (Å²) in [5.74, 6) is 12.2. The van der Waals surface area contributed by atoms with Crippen molar-refractivity contribution in [2.75, 3.05) is 26.4 Å². The molecule has 2 N–H and O–H groups in total. The van der Waals surface area contributed by atoms with Crippen molar-refractivity contribution < 1.29 is 29.2 Å². The van der Waals surface area contributed by atoms with Crippen LogP contribution >= 0.6 is 0 Å². The number of hydrogen-bond donors (Lipinski definition) is 2. The number of fused-ring (bicyclic) bond motifs is 1. The Labute approximate surface area is 168 Å². The van der Waals surface area contributed by atoms with Gasteiger partial charge in [-0.1, -0.05) is 23.7 Å². The van der Waals surface area contributed by atoms with Crippen LogP contribution in [0, 0.1) is 35.5 Å². The number of rotatable bonds is 8. The molecule has 2 fully saturated rings. The molecular weight excluding hydrogens is 360 g/mol. The monoisotopic (exact) mass is 394 g/mol. The molecule has 6 heteroatoms. The van der Waals surface area contributed by atoms with Crippen LogP contribution in [0.25, 0.3) is 0 Å². The van der Waals surface area contributed by atoms with E-state index in [1.54, 1.807) is 0 Å². The maximum Gasteiger partial charge on any atom is 0.156 e. The molecule has 0 radical (unpaired) electrons. The summed E-state index contributed by atoms with van der Waals surface area (Å²) in [5.41, 5.74) is -2.00. The summed E-state index contributed by atoms with van der Waals surface area (Å²) in [5, 5.41) is 21.5. The van der Waals surface area contributed by atoms with Crippen LogP contribution in [0.15, 0.2) is 0 Å². The van der Waals surface area contributed by atoms with Crippen LogP contribution in [0.5, 0.6) is 0 Å². The van der Waals surface area contributed by atoms with Gasteiger partial charge in [-0.25, -0.2) is 0 Å². The molecule has 0 aromatic heterocycles. The van der Waals surface area contributed by atoms with E-state index in [1.807, 2.05) is 27.7 Å². The first-order chi connectivity index (χ1) is 13.3. The van der Waals surface area contributed by atoms with Gasteiger partial charge in [-0.3, -0.25) is 0 Å². The van der Waals surface area contributed by atoms with Crippen LogP contribution < -0.4 is 0 Å². The molecule has 0 spiro atoms. The van der Waals surface area contributed by atoms with Gasteiger partial charge in [0.25, 0.3) is 0 Å². The Bertz CT molecular complexity index is 544. The van der Waals surface area contributed by atoms with E-state index < -0.39 is 11.2 Å². The molecule has 6 nitrogen and oxygen atoms in total. The van der Waals surface area contributed by atoms with Gasteiger partial charge in [-0.05, 0) is 65.2 Å². The van der Waals surface area contributed by atoms with Crippen molar-refractivity contribution >= 4 is 0 Å². The maximum atomic E-state index is 10.7. The molecular formula is C22H34O6. The highest BCUT2D eigenvalue weighted by atomic mass is 16.7. The second-order valence-corrected chi connectivity index (χ2v) is 7.67. The van der Waals surface area contributed by atoms with Crippen molar-refractivity contribution in [3.8, 4) is 23.7 Å². The molecule has 2 aliphatic rings. The molecule has 2 rings (SSSR count). The first-order valence-electron chi connectivity index (χ1n) is 10.2. The minimum atomic E-state index is -1.00. The lowest BCUT2D eigenvalue weighted by atomic mass is 9.92. The summed E-state index contributed by atoms with van der Waals surface area (Å²) < 4.78 is 21.4. The second kappa shape index (κ2) is 10.6. The number of aliphatic hydroxyl groups is 2. The summed E-state index contributed by atoms with van der Waals surface area (Å²) in [6, 6.07) is 0. The predicted octanol–water partition coefficient (Wildman–Crippen LogP) is 2.07. The van der Waals surface area contributed by atoms with Crippen LogP contribution in [-0.4, -0.2) is 60.4 Å². The molecule has 2 aliphatic carbocycles. The Hall–Kier alpha value is -1.12. The maximum absolute atomic E-state index is 10.7. The van der Waals surface area contributed by atoms with E-state index in [2.05, 4.69) is 23.7 Å². The zero-order valence-electron chi connectivity index (χ0n) is 17.5. The van der Waals surface area contributed by atoms with Gasteiger partial charge in [0.2, 0.25) is 0 Å². The molecule has 0 heterocycles. The number of hydrogen-bond acceptors (Lipinski definition) is 6. The highest BCUT2D eigenvalue weighted by Crippen LogP contribution is 2.52. The smallest absolute Gasteiger partial charge is 0.156 e. The molecule has 0 aliphatic heterocycles. The standard InChI is InChI=1S/C22H34O6/c1-5-25-17(3)27-11-7-9-21(23)13-19-15-22(24,16-20(19)14-21)10-8-12-28-18(4)26-6-2/h17-20,23-24H,5-6,11-16H2,1-4H3. The van der Waals surface area contributed by atoms with Crippen molar-refractivity contribution in [3.63, 3.8) is 0 Å². The summed E-state index contributed by atoms with van der Waals surface area (Å²) >= 11 is 0. The average molecular weight is 395 g/mol. The Morgan fingerprint density at radius 3 is 1.43 bits per heavy atom. The zero-order chi connectivity index (χ0) is 20.6. The summed E-state index contributed by atoms with van der Waals surface area (Å²) in [6.07, 6.45) is 1.65. The largest absolute Gasteiger partial charge is 0.378 e. The Morgan fingerprint density at radius 1 is 0.750 bits per heavy atom. The minimum Gasteiger partial charge on any atom is -0.378 e. The SMILES string of the molecule is CCOC(C)OCC#CC1(O)CC2CC(O)(C#CCOC(C)OCC)CC2C1. The van der Waals surface area contributed by atoms with Gasteiger partial charge in [0, 0.05) is 13.2 Å².